The fourth-order valence-corrected chi connectivity index (χ4v) is 6.47. The van der Waals surface area contributed by atoms with Gasteiger partial charge in [0.15, 0.2) is 0 Å². The summed E-state index contributed by atoms with van der Waals surface area (Å²) in [5.74, 6) is 2.98. The molecular weight excluding hydrogens is 542 g/mol. The maximum atomic E-state index is 13.4. The lowest BCUT2D eigenvalue weighted by atomic mass is 9.85. The molecule has 1 saturated heterocycles. The summed E-state index contributed by atoms with van der Waals surface area (Å²) >= 11 is 7.35. The molecule has 2 aliphatic rings. The largest absolute Gasteiger partial charge is 0.457 e. The van der Waals surface area contributed by atoms with Gasteiger partial charge in [0.1, 0.15) is 24.1 Å². The zero-order valence-electron chi connectivity index (χ0n) is 22.9. The van der Waals surface area contributed by atoms with Gasteiger partial charge in [0, 0.05) is 12.3 Å². The lowest BCUT2D eigenvalue weighted by Gasteiger charge is -2.28. The summed E-state index contributed by atoms with van der Waals surface area (Å²) < 4.78 is 11.1. The number of thioether (sulfide) groups is 1. The summed E-state index contributed by atoms with van der Waals surface area (Å²) in [4.78, 5) is 27.9. The van der Waals surface area contributed by atoms with E-state index in [1.807, 2.05) is 54.6 Å². The first-order valence-corrected chi connectivity index (χ1v) is 15.6. The van der Waals surface area contributed by atoms with Crippen LogP contribution in [0.2, 0.25) is 0 Å². The molecule has 7 nitrogen and oxygen atoms in total. The minimum atomic E-state index is -0.584. The lowest BCUT2D eigenvalue weighted by molar-refractivity contribution is -0.125. The predicted octanol–water partition coefficient (Wildman–Crippen LogP) is 6.44. The van der Waals surface area contributed by atoms with Gasteiger partial charge in [-0.25, -0.2) is 4.79 Å². The van der Waals surface area contributed by atoms with Crippen LogP contribution in [0.3, 0.4) is 0 Å². The molecule has 0 spiro atoms. The number of amides is 2. The fraction of sp³-hybridized carbons (Fsp3) is 0.452. The second-order valence-electron chi connectivity index (χ2n) is 10.3. The Kier molecular flexibility index (Phi) is 11.7. The number of carbonyl (C=O) groups excluding carboxylic acids is 2. The number of nitrogens with one attached hydrogen (secondary N) is 2. The Balaban J connectivity index is 1.35. The fourth-order valence-electron chi connectivity index (χ4n) is 5.08. The molecule has 0 unspecified atom stereocenters. The molecule has 0 radical (unpaired) electrons. The molecule has 40 heavy (non-hydrogen) atoms. The van der Waals surface area contributed by atoms with E-state index in [2.05, 4.69) is 17.2 Å². The van der Waals surface area contributed by atoms with Gasteiger partial charge in [-0.2, -0.15) is 0 Å². The molecular formula is C31H39N3O4S2. The Morgan fingerprint density at radius 2 is 1.80 bits per heavy atom. The van der Waals surface area contributed by atoms with E-state index in [-0.39, 0.29) is 18.6 Å². The van der Waals surface area contributed by atoms with Crippen molar-refractivity contribution in [2.45, 2.75) is 63.6 Å². The topological polar surface area (TPSA) is 79.9 Å². The van der Waals surface area contributed by atoms with Crippen LogP contribution < -0.4 is 15.4 Å². The first kappa shape index (κ1) is 29.9. The number of para-hydroxylation sites is 1. The zero-order valence-corrected chi connectivity index (χ0v) is 24.5. The Bertz CT molecular complexity index is 1120. The normalized spacial score (nSPS) is 18.0. The number of nitrogens with zero attached hydrogens (tertiary/aromatic N) is 1. The van der Waals surface area contributed by atoms with Crippen molar-refractivity contribution < 1.29 is 19.1 Å². The standard InChI is InChI=1S/C31H39N3O4S2/c1-2-19-37-31(36)34-22-40-21-28(34)29(35)33-27(18-15-23-9-5-3-6-10-23)30(39)32-20-24-13-16-26(17-14-24)38-25-11-7-4-8-12-25/h2,4,7-8,11-14,16-17,23,27-28H,1,3,5-6,9-10,15,18-22H2,(H,32,39)(H,33,35)/t27-,28+/m1/s1. The van der Waals surface area contributed by atoms with E-state index in [9.17, 15) is 9.59 Å². The smallest absolute Gasteiger partial charge is 0.411 e. The SMILES string of the molecule is C=CCOC(=O)N1CSC[C@H]1C(=O)N[C@H](CCC1CCCCC1)C(=S)NCc1ccc(Oc2ccccc2)cc1. The Labute approximate surface area is 247 Å². The Hall–Kier alpha value is -3.04. The minimum Gasteiger partial charge on any atom is -0.457 e. The molecule has 2 fully saturated rings. The van der Waals surface area contributed by atoms with Crippen LogP contribution in [0.25, 0.3) is 0 Å². The van der Waals surface area contributed by atoms with E-state index in [0.29, 0.717) is 29.1 Å². The summed E-state index contributed by atoms with van der Waals surface area (Å²) in [6.07, 6.45) is 9.14. The number of thiocarbonyl (C=S) groups is 1. The van der Waals surface area contributed by atoms with Crippen LogP contribution in [0, 0.1) is 5.92 Å². The molecule has 214 valence electrons. The van der Waals surface area contributed by atoms with Crippen molar-refractivity contribution >= 4 is 41.0 Å². The van der Waals surface area contributed by atoms with Crippen LogP contribution in [0.4, 0.5) is 4.79 Å². The maximum absolute atomic E-state index is 13.4. The Morgan fingerprint density at radius 3 is 2.52 bits per heavy atom. The van der Waals surface area contributed by atoms with Gasteiger partial charge in [-0.15, -0.1) is 11.8 Å². The quantitative estimate of drug-likeness (QED) is 0.221. The van der Waals surface area contributed by atoms with Crippen molar-refractivity contribution in [1.82, 2.24) is 15.5 Å². The van der Waals surface area contributed by atoms with E-state index < -0.39 is 12.1 Å². The first-order chi connectivity index (χ1) is 19.5. The molecule has 2 aromatic carbocycles. The highest BCUT2D eigenvalue weighted by atomic mass is 32.2. The van der Waals surface area contributed by atoms with Crippen LogP contribution in [0.15, 0.2) is 67.3 Å². The summed E-state index contributed by atoms with van der Waals surface area (Å²) in [7, 11) is 0. The lowest BCUT2D eigenvalue weighted by Crippen LogP contribution is -2.53. The van der Waals surface area contributed by atoms with Crippen molar-refractivity contribution in [3.8, 4) is 11.5 Å². The number of carbonyl (C=O) groups is 2. The molecule has 1 aliphatic carbocycles. The second kappa shape index (κ2) is 15.7. The zero-order chi connectivity index (χ0) is 28.2. The van der Waals surface area contributed by atoms with E-state index in [0.717, 1.165) is 29.9 Å². The van der Waals surface area contributed by atoms with Crippen molar-refractivity contribution in [2.24, 2.45) is 5.92 Å². The van der Waals surface area contributed by atoms with Crippen molar-refractivity contribution in [3.63, 3.8) is 0 Å². The molecule has 2 aromatic rings. The maximum Gasteiger partial charge on any atom is 0.411 e. The second-order valence-corrected chi connectivity index (χ2v) is 11.7. The molecule has 2 N–H and O–H groups in total. The molecule has 1 aliphatic heterocycles. The van der Waals surface area contributed by atoms with Gasteiger partial charge in [0.2, 0.25) is 5.91 Å². The molecule has 0 aromatic heterocycles. The average molecular weight is 582 g/mol. The average Bonchev–Trinajstić information content (AvgIpc) is 3.49. The summed E-state index contributed by atoms with van der Waals surface area (Å²) in [5.41, 5.74) is 1.06. The molecule has 2 atom stereocenters. The molecule has 9 heteroatoms. The third-order valence-corrected chi connectivity index (χ3v) is 8.78. The van der Waals surface area contributed by atoms with Crippen LogP contribution >= 0.6 is 24.0 Å². The van der Waals surface area contributed by atoms with Crippen LogP contribution in [-0.2, 0) is 16.1 Å². The predicted molar refractivity (Wildman–Crippen MR) is 165 cm³/mol. The van der Waals surface area contributed by atoms with Gasteiger partial charge in [0.25, 0.3) is 0 Å². The van der Waals surface area contributed by atoms with Crippen molar-refractivity contribution in [2.75, 3.05) is 18.2 Å². The van der Waals surface area contributed by atoms with Crippen molar-refractivity contribution in [3.05, 3.63) is 72.8 Å². The minimum absolute atomic E-state index is 0.117. The summed E-state index contributed by atoms with van der Waals surface area (Å²) in [6, 6.07) is 16.7. The number of hydrogen-bond donors (Lipinski definition) is 2. The van der Waals surface area contributed by atoms with Gasteiger partial charge < -0.3 is 20.1 Å². The van der Waals surface area contributed by atoms with E-state index in [4.69, 9.17) is 21.7 Å². The van der Waals surface area contributed by atoms with Gasteiger partial charge in [-0.1, -0.05) is 87.3 Å². The van der Waals surface area contributed by atoms with Gasteiger partial charge >= 0.3 is 6.09 Å². The molecule has 2 amide bonds. The first-order valence-electron chi connectivity index (χ1n) is 14.1. The van der Waals surface area contributed by atoms with E-state index in [1.165, 1.54) is 43.1 Å². The molecule has 0 bridgehead atoms. The van der Waals surface area contributed by atoms with Crippen LogP contribution in [0.1, 0.15) is 50.5 Å². The molecule has 1 saturated carbocycles. The summed E-state index contributed by atoms with van der Waals surface area (Å²) in [5, 5.41) is 6.53. The highest BCUT2D eigenvalue weighted by Crippen LogP contribution is 2.28. The third-order valence-electron chi connectivity index (χ3n) is 7.33. The number of hydrogen-bond acceptors (Lipinski definition) is 6. The highest BCUT2D eigenvalue weighted by Gasteiger charge is 2.37. The molecule has 1 heterocycles. The van der Waals surface area contributed by atoms with Crippen LogP contribution in [0.5, 0.6) is 11.5 Å². The van der Waals surface area contributed by atoms with E-state index in [1.54, 1.807) is 11.8 Å². The van der Waals surface area contributed by atoms with Gasteiger partial charge in [-0.05, 0) is 48.6 Å². The van der Waals surface area contributed by atoms with Crippen LogP contribution in [-0.4, -0.2) is 52.2 Å². The van der Waals surface area contributed by atoms with E-state index >= 15 is 0 Å². The van der Waals surface area contributed by atoms with Gasteiger partial charge in [-0.3, -0.25) is 9.69 Å². The van der Waals surface area contributed by atoms with Gasteiger partial charge in [0.05, 0.1) is 16.9 Å². The summed E-state index contributed by atoms with van der Waals surface area (Å²) in [6.45, 7) is 4.24. The number of benzene rings is 2. The number of ether oxygens (including phenoxy) is 2. The highest BCUT2D eigenvalue weighted by molar-refractivity contribution is 7.99. The third kappa shape index (κ3) is 8.99. The Morgan fingerprint density at radius 1 is 1.07 bits per heavy atom. The molecule has 4 rings (SSSR count). The number of rotatable bonds is 12. The van der Waals surface area contributed by atoms with Crippen molar-refractivity contribution in [1.29, 1.82) is 0 Å². The monoisotopic (exact) mass is 581 g/mol.